The lowest BCUT2D eigenvalue weighted by atomic mass is 10.2. The number of rotatable bonds is 5. The first-order chi connectivity index (χ1) is 9.70. The molecule has 104 valence electrons. The molecular formula is C17H18BrNO. The lowest BCUT2D eigenvalue weighted by Gasteiger charge is -2.10. The normalized spacial score (nSPS) is 14.3. The van der Waals surface area contributed by atoms with Gasteiger partial charge >= 0.3 is 0 Å². The standard InChI is InChI=1S/C17H18BrNO/c1-12-9-14(18)5-8-17(12)20-16-4-2-3-13(10-16)11-19-15-6-7-15/h2-5,8-10,15,19H,6-7,11H2,1H3. The highest BCUT2D eigenvalue weighted by atomic mass is 79.9. The van der Waals surface area contributed by atoms with Crippen LogP contribution in [-0.2, 0) is 6.54 Å². The van der Waals surface area contributed by atoms with Crippen LogP contribution in [0.15, 0.2) is 46.9 Å². The Morgan fingerprint density at radius 1 is 1.20 bits per heavy atom. The summed E-state index contributed by atoms with van der Waals surface area (Å²) in [6.45, 7) is 2.97. The summed E-state index contributed by atoms with van der Waals surface area (Å²) in [4.78, 5) is 0. The molecule has 0 unspecified atom stereocenters. The van der Waals surface area contributed by atoms with E-state index in [0.717, 1.165) is 34.1 Å². The van der Waals surface area contributed by atoms with Gasteiger partial charge in [-0.25, -0.2) is 0 Å². The van der Waals surface area contributed by atoms with Crippen LogP contribution in [0, 0.1) is 6.92 Å². The first-order valence-corrected chi connectivity index (χ1v) is 7.76. The first-order valence-electron chi connectivity index (χ1n) is 6.97. The van der Waals surface area contributed by atoms with Crippen molar-refractivity contribution in [1.29, 1.82) is 0 Å². The van der Waals surface area contributed by atoms with Crippen LogP contribution in [0.25, 0.3) is 0 Å². The summed E-state index contributed by atoms with van der Waals surface area (Å²) in [6, 6.07) is 15.1. The average Bonchev–Trinajstić information content (AvgIpc) is 3.24. The Balaban J connectivity index is 1.70. The van der Waals surface area contributed by atoms with Gasteiger partial charge in [0.1, 0.15) is 11.5 Å². The molecule has 0 saturated heterocycles. The van der Waals surface area contributed by atoms with Gasteiger partial charge in [-0.15, -0.1) is 0 Å². The van der Waals surface area contributed by atoms with Gasteiger partial charge in [0.2, 0.25) is 0 Å². The van der Waals surface area contributed by atoms with Gasteiger partial charge in [-0.2, -0.15) is 0 Å². The Labute approximate surface area is 128 Å². The van der Waals surface area contributed by atoms with E-state index in [4.69, 9.17) is 4.74 Å². The van der Waals surface area contributed by atoms with Crippen molar-refractivity contribution in [2.45, 2.75) is 32.4 Å². The number of nitrogens with one attached hydrogen (secondary N) is 1. The third-order valence-electron chi connectivity index (χ3n) is 3.44. The molecule has 1 saturated carbocycles. The van der Waals surface area contributed by atoms with E-state index in [2.05, 4.69) is 46.4 Å². The van der Waals surface area contributed by atoms with Gasteiger partial charge in [-0.1, -0.05) is 28.1 Å². The van der Waals surface area contributed by atoms with Gasteiger partial charge in [-0.3, -0.25) is 0 Å². The molecule has 1 N–H and O–H groups in total. The smallest absolute Gasteiger partial charge is 0.130 e. The Kier molecular flexibility index (Phi) is 4.08. The van der Waals surface area contributed by atoms with Crippen molar-refractivity contribution >= 4 is 15.9 Å². The maximum Gasteiger partial charge on any atom is 0.130 e. The highest BCUT2D eigenvalue weighted by Crippen LogP contribution is 2.28. The van der Waals surface area contributed by atoms with Gasteiger partial charge in [0.25, 0.3) is 0 Å². The monoisotopic (exact) mass is 331 g/mol. The molecule has 3 rings (SSSR count). The third-order valence-corrected chi connectivity index (χ3v) is 3.93. The van der Waals surface area contributed by atoms with Gasteiger partial charge in [0, 0.05) is 17.1 Å². The molecule has 3 heteroatoms. The van der Waals surface area contributed by atoms with E-state index in [-0.39, 0.29) is 0 Å². The topological polar surface area (TPSA) is 21.3 Å². The second kappa shape index (κ2) is 5.98. The Morgan fingerprint density at radius 2 is 2.05 bits per heavy atom. The Morgan fingerprint density at radius 3 is 2.80 bits per heavy atom. The molecule has 1 aliphatic rings. The molecule has 0 heterocycles. The molecule has 2 nitrogen and oxygen atoms in total. The third kappa shape index (κ3) is 3.62. The van der Waals surface area contributed by atoms with Crippen molar-refractivity contribution in [3.05, 3.63) is 58.1 Å². The molecule has 0 aromatic heterocycles. The zero-order chi connectivity index (χ0) is 13.9. The van der Waals surface area contributed by atoms with Crippen molar-refractivity contribution in [3.63, 3.8) is 0 Å². The predicted octanol–water partition coefficient (Wildman–Crippen LogP) is 4.80. The maximum atomic E-state index is 5.98. The SMILES string of the molecule is Cc1cc(Br)ccc1Oc1cccc(CNC2CC2)c1. The van der Waals surface area contributed by atoms with E-state index in [1.807, 2.05) is 24.3 Å². The summed E-state index contributed by atoms with van der Waals surface area (Å²) in [7, 11) is 0. The fraction of sp³-hybridized carbons (Fsp3) is 0.294. The quantitative estimate of drug-likeness (QED) is 0.849. The molecule has 1 aliphatic carbocycles. The zero-order valence-corrected chi connectivity index (χ0v) is 13.1. The fourth-order valence-corrected chi connectivity index (χ4v) is 2.60. The summed E-state index contributed by atoms with van der Waals surface area (Å²) in [6.07, 6.45) is 2.63. The van der Waals surface area contributed by atoms with Crippen LogP contribution < -0.4 is 10.1 Å². The molecule has 1 fully saturated rings. The minimum absolute atomic E-state index is 0.730. The van der Waals surface area contributed by atoms with Crippen LogP contribution in [0.1, 0.15) is 24.0 Å². The molecule has 0 radical (unpaired) electrons. The molecule has 20 heavy (non-hydrogen) atoms. The summed E-state index contributed by atoms with van der Waals surface area (Å²) in [5, 5.41) is 3.52. The lowest BCUT2D eigenvalue weighted by molar-refractivity contribution is 0.477. The molecule has 0 atom stereocenters. The van der Waals surface area contributed by atoms with E-state index < -0.39 is 0 Å². The zero-order valence-electron chi connectivity index (χ0n) is 11.5. The highest BCUT2D eigenvalue weighted by molar-refractivity contribution is 9.10. The van der Waals surface area contributed by atoms with Crippen LogP contribution in [-0.4, -0.2) is 6.04 Å². The van der Waals surface area contributed by atoms with Crippen molar-refractivity contribution in [2.75, 3.05) is 0 Å². The van der Waals surface area contributed by atoms with E-state index in [9.17, 15) is 0 Å². The first kappa shape index (κ1) is 13.7. The second-order valence-electron chi connectivity index (χ2n) is 5.31. The van der Waals surface area contributed by atoms with Crippen LogP contribution in [0.5, 0.6) is 11.5 Å². The number of hydrogen-bond acceptors (Lipinski definition) is 2. The summed E-state index contributed by atoms with van der Waals surface area (Å²) >= 11 is 3.47. The molecular weight excluding hydrogens is 314 g/mol. The predicted molar refractivity (Wildman–Crippen MR) is 85.3 cm³/mol. The Hall–Kier alpha value is -1.32. The van der Waals surface area contributed by atoms with Crippen LogP contribution in [0.2, 0.25) is 0 Å². The minimum atomic E-state index is 0.730. The van der Waals surface area contributed by atoms with Crippen molar-refractivity contribution in [3.8, 4) is 11.5 Å². The number of aryl methyl sites for hydroxylation is 1. The van der Waals surface area contributed by atoms with Gasteiger partial charge in [0.05, 0.1) is 0 Å². The van der Waals surface area contributed by atoms with Crippen LogP contribution in [0.4, 0.5) is 0 Å². The number of benzene rings is 2. The van der Waals surface area contributed by atoms with Crippen molar-refractivity contribution in [1.82, 2.24) is 5.32 Å². The summed E-state index contributed by atoms with van der Waals surface area (Å²) in [5.74, 6) is 1.80. The second-order valence-corrected chi connectivity index (χ2v) is 6.23. The van der Waals surface area contributed by atoms with E-state index in [1.54, 1.807) is 0 Å². The maximum absolute atomic E-state index is 5.98. The number of halogens is 1. The van der Waals surface area contributed by atoms with Crippen LogP contribution >= 0.6 is 15.9 Å². The Bertz CT molecular complexity index is 608. The summed E-state index contributed by atoms with van der Waals surface area (Å²) in [5.41, 5.74) is 2.39. The number of hydrogen-bond donors (Lipinski definition) is 1. The van der Waals surface area contributed by atoms with Crippen molar-refractivity contribution in [2.24, 2.45) is 0 Å². The average molecular weight is 332 g/mol. The molecule has 0 aliphatic heterocycles. The van der Waals surface area contributed by atoms with Gasteiger partial charge in [-0.05, 0) is 61.2 Å². The molecule has 0 spiro atoms. The van der Waals surface area contributed by atoms with E-state index in [1.165, 1.54) is 18.4 Å². The lowest BCUT2D eigenvalue weighted by Crippen LogP contribution is -2.15. The molecule has 0 bridgehead atoms. The van der Waals surface area contributed by atoms with Crippen molar-refractivity contribution < 1.29 is 4.74 Å². The number of ether oxygens (including phenoxy) is 1. The highest BCUT2D eigenvalue weighted by Gasteiger charge is 2.19. The summed E-state index contributed by atoms with van der Waals surface area (Å²) < 4.78 is 7.05. The van der Waals surface area contributed by atoms with E-state index in [0.29, 0.717) is 0 Å². The molecule has 2 aromatic carbocycles. The minimum Gasteiger partial charge on any atom is -0.457 e. The molecule has 2 aromatic rings. The molecule has 0 amide bonds. The fourth-order valence-electron chi connectivity index (χ4n) is 2.12. The van der Waals surface area contributed by atoms with E-state index >= 15 is 0 Å². The largest absolute Gasteiger partial charge is 0.457 e. The van der Waals surface area contributed by atoms with Gasteiger partial charge < -0.3 is 10.1 Å². The van der Waals surface area contributed by atoms with Gasteiger partial charge in [0.15, 0.2) is 0 Å². The van der Waals surface area contributed by atoms with Crippen LogP contribution in [0.3, 0.4) is 0 Å².